The molecular weight excluding hydrogens is 200 g/mol. The molecule has 0 radical (unpaired) electrons. The lowest BCUT2D eigenvalue weighted by Crippen LogP contribution is -2.41. The topological polar surface area (TPSA) is 18.5 Å². The first kappa shape index (κ1) is 10.3. The average molecular weight is 218 g/mol. The van der Waals surface area contributed by atoms with Gasteiger partial charge < -0.3 is 9.47 Å². The SMILES string of the molecule is c1ccc([C@H]2CO[C@@H]3CCCC[C@H]3O2)cc1. The molecule has 1 aromatic carbocycles. The van der Waals surface area contributed by atoms with Gasteiger partial charge >= 0.3 is 0 Å². The molecule has 1 aromatic rings. The minimum Gasteiger partial charge on any atom is -0.372 e. The lowest BCUT2D eigenvalue weighted by Gasteiger charge is -2.39. The van der Waals surface area contributed by atoms with E-state index in [2.05, 4.69) is 24.3 Å². The summed E-state index contributed by atoms with van der Waals surface area (Å²) in [5.41, 5.74) is 1.24. The third-order valence-electron chi connectivity index (χ3n) is 3.61. The summed E-state index contributed by atoms with van der Waals surface area (Å²) in [6.07, 6.45) is 5.73. The minimum absolute atomic E-state index is 0.139. The molecule has 16 heavy (non-hydrogen) atoms. The van der Waals surface area contributed by atoms with Crippen LogP contribution in [0.5, 0.6) is 0 Å². The van der Waals surface area contributed by atoms with Crippen molar-refractivity contribution in [2.45, 2.75) is 44.0 Å². The van der Waals surface area contributed by atoms with E-state index in [9.17, 15) is 0 Å². The van der Waals surface area contributed by atoms with Gasteiger partial charge in [-0.2, -0.15) is 0 Å². The molecule has 0 bridgehead atoms. The molecular formula is C14H18O2. The summed E-state index contributed by atoms with van der Waals surface area (Å²) in [6, 6.07) is 10.4. The molecule has 86 valence electrons. The molecule has 1 saturated heterocycles. The minimum atomic E-state index is 0.139. The van der Waals surface area contributed by atoms with Crippen LogP contribution in [0.25, 0.3) is 0 Å². The second kappa shape index (κ2) is 4.56. The highest BCUT2D eigenvalue weighted by molar-refractivity contribution is 5.18. The van der Waals surface area contributed by atoms with Gasteiger partial charge in [0.15, 0.2) is 0 Å². The van der Waals surface area contributed by atoms with Gasteiger partial charge in [-0.25, -0.2) is 0 Å². The number of rotatable bonds is 1. The highest BCUT2D eigenvalue weighted by atomic mass is 16.6. The zero-order valence-electron chi connectivity index (χ0n) is 9.47. The number of ether oxygens (including phenoxy) is 2. The highest BCUT2D eigenvalue weighted by Gasteiger charge is 2.34. The summed E-state index contributed by atoms with van der Waals surface area (Å²) in [7, 11) is 0. The summed E-state index contributed by atoms with van der Waals surface area (Å²) >= 11 is 0. The van der Waals surface area contributed by atoms with Gasteiger partial charge in [0.05, 0.1) is 18.8 Å². The Bertz CT molecular complexity index is 336. The standard InChI is InChI=1S/C14H18O2/c1-2-6-11(7-3-1)14-10-15-12-8-4-5-9-13(12)16-14/h1-3,6-7,12-14H,4-5,8-10H2/t12-,13-,14-/m1/s1. The molecule has 0 N–H and O–H groups in total. The van der Waals surface area contributed by atoms with Crippen LogP contribution in [0.2, 0.25) is 0 Å². The Morgan fingerprint density at radius 2 is 1.69 bits per heavy atom. The van der Waals surface area contributed by atoms with Crippen molar-refractivity contribution in [1.29, 1.82) is 0 Å². The smallest absolute Gasteiger partial charge is 0.106 e. The summed E-state index contributed by atoms with van der Waals surface area (Å²) < 4.78 is 12.1. The Labute approximate surface area is 96.6 Å². The van der Waals surface area contributed by atoms with Crippen LogP contribution < -0.4 is 0 Å². The summed E-state index contributed by atoms with van der Waals surface area (Å²) in [4.78, 5) is 0. The van der Waals surface area contributed by atoms with Crippen LogP contribution in [0.3, 0.4) is 0 Å². The lowest BCUT2D eigenvalue weighted by molar-refractivity contribution is -0.194. The van der Waals surface area contributed by atoms with E-state index in [1.807, 2.05) is 6.07 Å². The van der Waals surface area contributed by atoms with Gasteiger partial charge in [-0.15, -0.1) is 0 Å². The zero-order valence-corrected chi connectivity index (χ0v) is 9.47. The van der Waals surface area contributed by atoms with Gasteiger partial charge in [0, 0.05) is 0 Å². The van der Waals surface area contributed by atoms with Gasteiger partial charge in [0.1, 0.15) is 6.10 Å². The predicted octanol–water partition coefficient (Wildman–Crippen LogP) is 3.09. The second-order valence-corrected chi connectivity index (χ2v) is 4.73. The van der Waals surface area contributed by atoms with Gasteiger partial charge in [-0.05, 0) is 18.4 Å². The lowest BCUT2D eigenvalue weighted by atomic mass is 9.93. The van der Waals surface area contributed by atoms with Crippen molar-refractivity contribution in [3.05, 3.63) is 35.9 Å². The van der Waals surface area contributed by atoms with Crippen LogP contribution in [0.4, 0.5) is 0 Å². The van der Waals surface area contributed by atoms with Crippen LogP contribution >= 0.6 is 0 Å². The molecule has 2 heteroatoms. The van der Waals surface area contributed by atoms with Crippen molar-refractivity contribution < 1.29 is 9.47 Å². The van der Waals surface area contributed by atoms with Gasteiger partial charge in [-0.3, -0.25) is 0 Å². The van der Waals surface area contributed by atoms with Crippen LogP contribution in [0.15, 0.2) is 30.3 Å². The van der Waals surface area contributed by atoms with E-state index in [0.717, 1.165) is 6.42 Å². The third kappa shape index (κ3) is 2.00. The Hall–Kier alpha value is -0.860. The molecule has 2 fully saturated rings. The summed E-state index contributed by atoms with van der Waals surface area (Å²) in [5.74, 6) is 0. The molecule has 2 aliphatic rings. The van der Waals surface area contributed by atoms with Crippen LogP contribution in [-0.2, 0) is 9.47 Å². The molecule has 3 rings (SSSR count). The number of fused-ring (bicyclic) bond motifs is 1. The fraction of sp³-hybridized carbons (Fsp3) is 0.571. The second-order valence-electron chi connectivity index (χ2n) is 4.73. The fourth-order valence-corrected chi connectivity index (χ4v) is 2.71. The van der Waals surface area contributed by atoms with Gasteiger partial charge in [-0.1, -0.05) is 43.2 Å². The molecule has 1 aliphatic heterocycles. The maximum absolute atomic E-state index is 6.15. The maximum atomic E-state index is 6.15. The number of hydrogen-bond donors (Lipinski definition) is 0. The maximum Gasteiger partial charge on any atom is 0.106 e. The first-order chi connectivity index (χ1) is 7.93. The molecule has 3 atom stereocenters. The molecule has 2 nitrogen and oxygen atoms in total. The van der Waals surface area contributed by atoms with Crippen molar-refractivity contribution in [2.24, 2.45) is 0 Å². The van der Waals surface area contributed by atoms with E-state index in [1.54, 1.807) is 0 Å². The third-order valence-corrected chi connectivity index (χ3v) is 3.61. The van der Waals surface area contributed by atoms with Crippen molar-refractivity contribution in [2.75, 3.05) is 6.61 Å². The van der Waals surface area contributed by atoms with Crippen LogP contribution in [0, 0.1) is 0 Å². The first-order valence-electron chi connectivity index (χ1n) is 6.25. The van der Waals surface area contributed by atoms with Gasteiger partial charge in [0.25, 0.3) is 0 Å². The van der Waals surface area contributed by atoms with E-state index in [1.165, 1.54) is 24.8 Å². The molecule has 0 amide bonds. The van der Waals surface area contributed by atoms with Gasteiger partial charge in [0.2, 0.25) is 0 Å². The number of hydrogen-bond acceptors (Lipinski definition) is 2. The van der Waals surface area contributed by atoms with Crippen molar-refractivity contribution in [3.8, 4) is 0 Å². The Morgan fingerprint density at radius 1 is 0.938 bits per heavy atom. The molecule has 0 unspecified atom stereocenters. The average Bonchev–Trinajstić information content (AvgIpc) is 2.39. The fourth-order valence-electron chi connectivity index (χ4n) is 2.71. The summed E-state index contributed by atoms with van der Waals surface area (Å²) in [5, 5.41) is 0. The summed E-state index contributed by atoms with van der Waals surface area (Å²) in [6.45, 7) is 0.713. The van der Waals surface area contributed by atoms with E-state index < -0.39 is 0 Å². The van der Waals surface area contributed by atoms with Crippen LogP contribution in [-0.4, -0.2) is 18.8 Å². The van der Waals surface area contributed by atoms with Crippen molar-refractivity contribution in [1.82, 2.24) is 0 Å². The molecule has 1 aliphatic carbocycles. The molecule has 1 saturated carbocycles. The molecule has 0 aromatic heterocycles. The van der Waals surface area contributed by atoms with E-state index in [-0.39, 0.29) is 6.10 Å². The quantitative estimate of drug-likeness (QED) is 0.721. The van der Waals surface area contributed by atoms with Crippen LogP contribution in [0.1, 0.15) is 37.4 Å². The Morgan fingerprint density at radius 3 is 2.50 bits per heavy atom. The van der Waals surface area contributed by atoms with E-state index in [0.29, 0.717) is 18.8 Å². The van der Waals surface area contributed by atoms with Crippen molar-refractivity contribution >= 4 is 0 Å². The van der Waals surface area contributed by atoms with E-state index in [4.69, 9.17) is 9.47 Å². The Kier molecular flexibility index (Phi) is 2.94. The zero-order chi connectivity index (χ0) is 10.8. The highest BCUT2D eigenvalue weighted by Crippen LogP contribution is 2.33. The number of benzene rings is 1. The Balaban J connectivity index is 1.71. The van der Waals surface area contributed by atoms with Crippen molar-refractivity contribution in [3.63, 3.8) is 0 Å². The predicted molar refractivity (Wildman–Crippen MR) is 62.3 cm³/mol. The van der Waals surface area contributed by atoms with E-state index >= 15 is 0 Å². The largest absolute Gasteiger partial charge is 0.372 e. The normalized spacial score (nSPS) is 34.4. The monoisotopic (exact) mass is 218 g/mol. The first-order valence-corrected chi connectivity index (χ1v) is 6.25. The molecule has 1 heterocycles. The molecule has 0 spiro atoms.